The number of aromatic nitrogens is 1. The maximum Gasteiger partial charge on any atom is 0.145 e. The van der Waals surface area contributed by atoms with E-state index in [9.17, 15) is 0 Å². The lowest BCUT2D eigenvalue weighted by atomic mass is 9.94. The molecule has 0 bridgehead atoms. The molecule has 0 atom stereocenters. The molecule has 6 aromatic carbocycles. The number of rotatable bonds is 2. The summed E-state index contributed by atoms with van der Waals surface area (Å²) in [5.41, 5.74) is 14.8. The van der Waals surface area contributed by atoms with E-state index in [1.165, 1.54) is 82.8 Å². The Morgan fingerprint density at radius 2 is 1.33 bits per heavy atom. The number of hydrogen-bond donors (Lipinski definition) is 0. The van der Waals surface area contributed by atoms with Crippen molar-refractivity contribution in [3.05, 3.63) is 133 Å². The third-order valence-electron chi connectivity index (χ3n) is 9.42. The summed E-state index contributed by atoms with van der Waals surface area (Å²) < 4.78 is 8.98. The van der Waals surface area contributed by atoms with Gasteiger partial charge in [0.2, 0.25) is 0 Å². The highest BCUT2D eigenvalue weighted by atomic mass is 16.3. The highest BCUT2D eigenvalue weighted by Crippen LogP contribution is 2.49. The van der Waals surface area contributed by atoms with Crippen molar-refractivity contribution in [1.29, 1.82) is 0 Å². The Kier molecular flexibility index (Phi) is 4.32. The molecule has 42 heavy (non-hydrogen) atoms. The number of allylic oxidation sites excluding steroid dienone is 1. The zero-order valence-corrected chi connectivity index (χ0v) is 22.9. The van der Waals surface area contributed by atoms with Crippen LogP contribution in [0.4, 0.5) is 0 Å². The number of para-hydroxylation sites is 1. The number of hydrogen-bond acceptors (Lipinski definition) is 1. The number of aryl methyl sites for hydroxylation is 1. The Morgan fingerprint density at radius 1 is 0.571 bits per heavy atom. The van der Waals surface area contributed by atoms with Crippen molar-refractivity contribution in [3.63, 3.8) is 0 Å². The van der Waals surface area contributed by atoms with Crippen LogP contribution in [0.25, 0.3) is 88.8 Å². The van der Waals surface area contributed by atoms with Gasteiger partial charge in [-0.3, -0.25) is 0 Å². The lowest BCUT2D eigenvalue weighted by Crippen LogP contribution is -2.00. The molecule has 196 valence electrons. The summed E-state index contributed by atoms with van der Waals surface area (Å²) in [7, 11) is 0. The minimum Gasteiger partial charge on any atom is -0.455 e. The SMILES string of the molecule is C1=Cc2c(c3c4oc5ccccc5c4ccc3n2-c2cccc(-c3ccc4c5c(cccc35)-c3ccccc3-4)c2)CC1. The molecule has 0 saturated carbocycles. The van der Waals surface area contributed by atoms with E-state index >= 15 is 0 Å². The first-order valence-electron chi connectivity index (χ1n) is 14.8. The second kappa shape index (κ2) is 8.11. The largest absolute Gasteiger partial charge is 0.455 e. The zero-order valence-electron chi connectivity index (χ0n) is 22.9. The fourth-order valence-corrected chi connectivity index (χ4v) is 7.65. The molecule has 2 aromatic heterocycles. The lowest BCUT2D eigenvalue weighted by Gasteiger charge is -2.14. The van der Waals surface area contributed by atoms with Crippen LogP contribution in [0.3, 0.4) is 0 Å². The predicted octanol–water partition coefficient (Wildman–Crippen LogP) is 11.0. The standard InChI is InChI=1S/C40H25NO/c1-2-12-28-27(11-1)31-16-8-15-30-26(19-20-32(28)38(30)31)24-9-7-10-25(23-24)41-35-17-5-3-14-34(35)39-36(41)22-21-33-29-13-4-6-18-37(29)42-40(33)39/h1-2,4-13,15-23H,3,14H2. The van der Waals surface area contributed by atoms with Gasteiger partial charge in [0.25, 0.3) is 0 Å². The average molecular weight is 536 g/mol. The Balaban J connectivity index is 1.22. The van der Waals surface area contributed by atoms with Crippen molar-refractivity contribution < 1.29 is 4.42 Å². The van der Waals surface area contributed by atoms with Gasteiger partial charge in [-0.15, -0.1) is 0 Å². The summed E-state index contributed by atoms with van der Waals surface area (Å²) in [4.78, 5) is 0. The van der Waals surface area contributed by atoms with Crippen molar-refractivity contribution in [2.45, 2.75) is 12.8 Å². The zero-order chi connectivity index (χ0) is 27.4. The monoisotopic (exact) mass is 535 g/mol. The topological polar surface area (TPSA) is 18.1 Å². The summed E-state index contributed by atoms with van der Waals surface area (Å²) in [6.45, 7) is 0. The van der Waals surface area contributed by atoms with Crippen LogP contribution < -0.4 is 0 Å². The maximum atomic E-state index is 6.54. The second-order valence-corrected chi connectivity index (χ2v) is 11.6. The van der Waals surface area contributed by atoms with Gasteiger partial charge in [0.1, 0.15) is 11.2 Å². The third-order valence-corrected chi connectivity index (χ3v) is 9.42. The summed E-state index contributed by atoms with van der Waals surface area (Å²) in [5, 5.41) is 6.28. The van der Waals surface area contributed by atoms with Crippen molar-refractivity contribution >= 4 is 49.7 Å². The third kappa shape index (κ3) is 2.84. The highest BCUT2D eigenvalue weighted by molar-refractivity contribution is 6.19. The number of nitrogens with zero attached hydrogens (tertiary/aromatic N) is 1. The fourth-order valence-electron chi connectivity index (χ4n) is 7.65. The van der Waals surface area contributed by atoms with Crippen LogP contribution >= 0.6 is 0 Å². The molecule has 2 nitrogen and oxygen atoms in total. The molecule has 0 unspecified atom stereocenters. The molecule has 0 saturated heterocycles. The van der Waals surface area contributed by atoms with E-state index in [1.54, 1.807) is 0 Å². The highest BCUT2D eigenvalue weighted by Gasteiger charge is 2.24. The van der Waals surface area contributed by atoms with Crippen LogP contribution in [0.5, 0.6) is 0 Å². The molecule has 0 fully saturated rings. The number of benzene rings is 6. The number of furan rings is 1. The minimum atomic E-state index is 0.948. The molecular formula is C40H25NO. The molecular weight excluding hydrogens is 510 g/mol. The fraction of sp³-hybridized carbons (Fsp3) is 0.0500. The summed E-state index contributed by atoms with van der Waals surface area (Å²) in [5.74, 6) is 0. The molecule has 0 spiro atoms. The van der Waals surface area contributed by atoms with E-state index in [-0.39, 0.29) is 0 Å². The molecule has 0 aliphatic heterocycles. The molecule has 2 heterocycles. The molecule has 2 heteroatoms. The first-order chi connectivity index (χ1) is 20.8. The van der Waals surface area contributed by atoms with Gasteiger partial charge in [-0.2, -0.15) is 0 Å². The Labute approximate surface area is 242 Å². The van der Waals surface area contributed by atoms with E-state index in [2.05, 4.69) is 132 Å². The van der Waals surface area contributed by atoms with Crippen LogP contribution in [0, 0.1) is 0 Å². The molecule has 0 N–H and O–H groups in total. The van der Waals surface area contributed by atoms with E-state index in [1.807, 2.05) is 0 Å². The molecule has 0 radical (unpaired) electrons. The molecule has 8 aromatic rings. The predicted molar refractivity (Wildman–Crippen MR) is 175 cm³/mol. The Hall–Kier alpha value is -5.34. The average Bonchev–Trinajstić information content (AvgIpc) is 3.70. The minimum absolute atomic E-state index is 0.948. The van der Waals surface area contributed by atoms with Gasteiger partial charge in [-0.1, -0.05) is 91.0 Å². The van der Waals surface area contributed by atoms with E-state index in [4.69, 9.17) is 4.42 Å². The van der Waals surface area contributed by atoms with Crippen LogP contribution in [0.15, 0.2) is 126 Å². The van der Waals surface area contributed by atoms with Crippen LogP contribution in [0.2, 0.25) is 0 Å². The Morgan fingerprint density at radius 3 is 2.26 bits per heavy atom. The van der Waals surface area contributed by atoms with Crippen molar-refractivity contribution in [2.75, 3.05) is 0 Å². The van der Waals surface area contributed by atoms with Crippen LogP contribution in [-0.4, -0.2) is 4.57 Å². The molecule has 10 rings (SSSR count). The van der Waals surface area contributed by atoms with Crippen LogP contribution in [0.1, 0.15) is 17.7 Å². The van der Waals surface area contributed by atoms with E-state index in [0.717, 1.165) is 24.0 Å². The smallest absolute Gasteiger partial charge is 0.145 e. The van der Waals surface area contributed by atoms with Crippen molar-refractivity contribution in [1.82, 2.24) is 4.57 Å². The lowest BCUT2D eigenvalue weighted by molar-refractivity contribution is 0.672. The van der Waals surface area contributed by atoms with E-state index < -0.39 is 0 Å². The van der Waals surface area contributed by atoms with Gasteiger partial charge in [0.05, 0.1) is 5.52 Å². The van der Waals surface area contributed by atoms with Gasteiger partial charge in [-0.25, -0.2) is 0 Å². The van der Waals surface area contributed by atoms with Gasteiger partial charge < -0.3 is 8.98 Å². The van der Waals surface area contributed by atoms with Crippen molar-refractivity contribution in [3.8, 4) is 39.1 Å². The quantitative estimate of drug-likeness (QED) is 0.215. The summed E-state index contributed by atoms with van der Waals surface area (Å²) >= 11 is 0. The van der Waals surface area contributed by atoms with Gasteiger partial charge >= 0.3 is 0 Å². The molecule has 2 aliphatic carbocycles. The van der Waals surface area contributed by atoms with Crippen LogP contribution in [-0.2, 0) is 6.42 Å². The molecule has 0 amide bonds. The first-order valence-corrected chi connectivity index (χ1v) is 14.8. The second-order valence-electron chi connectivity index (χ2n) is 11.6. The normalized spacial score (nSPS) is 13.4. The maximum absolute atomic E-state index is 6.54. The summed E-state index contributed by atoms with van der Waals surface area (Å²) in [6, 6.07) is 42.1. The van der Waals surface area contributed by atoms with Gasteiger partial charge in [0, 0.05) is 27.5 Å². The van der Waals surface area contributed by atoms with Gasteiger partial charge in [-0.05, 0) is 99.0 Å². The first kappa shape index (κ1) is 22.4. The van der Waals surface area contributed by atoms with E-state index in [0.29, 0.717) is 0 Å². The Bertz CT molecular complexity index is 2440. The van der Waals surface area contributed by atoms with Gasteiger partial charge in [0.15, 0.2) is 0 Å². The molecule has 2 aliphatic rings. The van der Waals surface area contributed by atoms with Crippen molar-refractivity contribution in [2.24, 2.45) is 0 Å². The summed E-state index contributed by atoms with van der Waals surface area (Å²) in [6.07, 6.45) is 6.67. The number of fused-ring (bicyclic) bond motifs is 10.